The summed E-state index contributed by atoms with van der Waals surface area (Å²) in [6.45, 7) is 0. The largest absolute Gasteiger partial charge is 0.497 e. The second kappa shape index (κ2) is 5.67. The van der Waals surface area contributed by atoms with Gasteiger partial charge in [-0.2, -0.15) is 5.26 Å². The number of nitrogens with one attached hydrogen (secondary N) is 1. The lowest BCUT2D eigenvalue weighted by atomic mass is 10.2. The highest BCUT2D eigenvalue weighted by molar-refractivity contribution is 5.71. The number of nitrogens with zero attached hydrogens (tertiary/aromatic N) is 3. The lowest BCUT2D eigenvalue weighted by Crippen LogP contribution is -2.01. The third-order valence-electron chi connectivity index (χ3n) is 2.58. The fourth-order valence-corrected chi connectivity index (χ4v) is 1.62. The Hall–Kier alpha value is -3.14. The van der Waals surface area contributed by atoms with Crippen molar-refractivity contribution in [3.05, 3.63) is 52.2 Å². The van der Waals surface area contributed by atoms with Crippen LogP contribution in [0.25, 0.3) is 0 Å². The van der Waals surface area contributed by atoms with Gasteiger partial charge in [0.1, 0.15) is 11.8 Å². The van der Waals surface area contributed by atoms with Crippen LogP contribution in [0.15, 0.2) is 36.5 Å². The first-order valence-corrected chi connectivity index (χ1v) is 5.60. The minimum Gasteiger partial charge on any atom is -0.497 e. The Morgan fingerprint density at radius 2 is 2.25 bits per heavy atom. The molecule has 0 saturated carbocycles. The molecule has 0 amide bonds. The summed E-state index contributed by atoms with van der Waals surface area (Å²) in [5.74, 6) is 0.604. The van der Waals surface area contributed by atoms with Crippen molar-refractivity contribution < 1.29 is 9.66 Å². The number of hydrogen-bond donors (Lipinski definition) is 1. The van der Waals surface area contributed by atoms with Crippen molar-refractivity contribution in [2.45, 2.75) is 0 Å². The molecule has 1 aromatic carbocycles. The number of nitro groups is 1. The van der Waals surface area contributed by atoms with Gasteiger partial charge < -0.3 is 10.1 Å². The van der Waals surface area contributed by atoms with E-state index in [1.54, 1.807) is 18.2 Å². The van der Waals surface area contributed by atoms with Crippen LogP contribution in [0.4, 0.5) is 17.2 Å². The summed E-state index contributed by atoms with van der Waals surface area (Å²) >= 11 is 0. The molecule has 100 valence electrons. The third-order valence-corrected chi connectivity index (χ3v) is 2.58. The van der Waals surface area contributed by atoms with Gasteiger partial charge in [-0.15, -0.1) is 0 Å². The van der Waals surface area contributed by atoms with E-state index in [1.807, 2.05) is 6.07 Å². The van der Waals surface area contributed by atoms with Gasteiger partial charge in [-0.05, 0) is 18.2 Å². The van der Waals surface area contributed by atoms with Crippen LogP contribution >= 0.6 is 0 Å². The fraction of sp³-hybridized carbons (Fsp3) is 0.0769. The zero-order valence-electron chi connectivity index (χ0n) is 10.5. The molecule has 0 spiro atoms. The van der Waals surface area contributed by atoms with Crippen LogP contribution < -0.4 is 10.1 Å². The molecule has 0 fully saturated rings. The molecule has 0 atom stereocenters. The second-order valence-electron chi connectivity index (χ2n) is 3.78. The second-order valence-corrected chi connectivity index (χ2v) is 3.78. The van der Waals surface area contributed by atoms with Crippen LogP contribution in [0.3, 0.4) is 0 Å². The number of nitriles is 1. The van der Waals surface area contributed by atoms with E-state index < -0.39 is 4.92 Å². The number of benzene rings is 1. The van der Waals surface area contributed by atoms with Crippen molar-refractivity contribution in [2.24, 2.45) is 0 Å². The highest BCUT2D eigenvalue weighted by Gasteiger charge is 2.15. The highest BCUT2D eigenvalue weighted by Crippen LogP contribution is 2.28. The summed E-state index contributed by atoms with van der Waals surface area (Å²) in [7, 11) is 1.49. The molecular weight excluding hydrogens is 260 g/mol. The van der Waals surface area contributed by atoms with Gasteiger partial charge in [0.2, 0.25) is 5.82 Å². The van der Waals surface area contributed by atoms with Gasteiger partial charge in [-0.3, -0.25) is 10.1 Å². The van der Waals surface area contributed by atoms with Gasteiger partial charge in [-0.25, -0.2) is 4.98 Å². The van der Waals surface area contributed by atoms with E-state index in [1.165, 1.54) is 25.4 Å². The summed E-state index contributed by atoms with van der Waals surface area (Å²) in [5.41, 5.74) is 0.568. The average Bonchev–Trinajstić information content (AvgIpc) is 2.47. The summed E-state index contributed by atoms with van der Waals surface area (Å²) in [6.07, 6.45) is 1.43. The Kier molecular flexibility index (Phi) is 3.77. The predicted molar refractivity (Wildman–Crippen MR) is 71.9 cm³/mol. The maximum Gasteiger partial charge on any atom is 0.311 e. The fourth-order valence-electron chi connectivity index (χ4n) is 1.62. The molecular formula is C13H10N4O3. The normalized spacial score (nSPS) is 9.60. The van der Waals surface area contributed by atoms with Crippen molar-refractivity contribution in [1.29, 1.82) is 5.26 Å². The highest BCUT2D eigenvalue weighted by atomic mass is 16.6. The minimum absolute atomic E-state index is 0.0715. The smallest absolute Gasteiger partial charge is 0.311 e. The quantitative estimate of drug-likeness (QED) is 0.676. The van der Waals surface area contributed by atoms with Crippen molar-refractivity contribution in [2.75, 3.05) is 12.4 Å². The Bertz CT molecular complexity index is 694. The monoisotopic (exact) mass is 270 g/mol. The Balaban J connectivity index is 2.44. The topological polar surface area (TPSA) is 101 Å². The van der Waals surface area contributed by atoms with Gasteiger partial charge in [0.15, 0.2) is 0 Å². The van der Waals surface area contributed by atoms with Crippen LogP contribution in [0.2, 0.25) is 0 Å². The zero-order chi connectivity index (χ0) is 14.5. The molecule has 0 aliphatic heterocycles. The minimum atomic E-state index is -0.540. The first-order valence-electron chi connectivity index (χ1n) is 5.60. The SMILES string of the molecule is COc1ccc(C#N)c(Nc2ncccc2[N+](=O)[O-])c1. The standard InChI is InChI=1S/C13H10N4O3/c1-20-10-5-4-9(8-14)11(7-10)16-13-12(17(18)19)3-2-6-15-13/h2-7H,1H3,(H,15,16). The average molecular weight is 270 g/mol. The van der Waals surface area contributed by atoms with Gasteiger partial charge in [0.05, 0.1) is 23.3 Å². The molecule has 0 aliphatic rings. The Morgan fingerprint density at radius 3 is 2.90 bits per heavy atom. The first-order chi connectivity index (χ1) is 9.65. The summed E-state index contributed by atoms with van der Waals surface area (Å²) in [5, 5.41) is 22.8. The third kappa shape index (κ3) is 2.64. The van der Waals surface area contributed by atoms with Gasteiger partial charge in [0.25, 0.3) is 0 Å². The maximum atomic E-state index is 10.9. The summed E-state index contributed by atoms with van der Waals surface area (Å²) in [6, 6.07) is 9.59. The number of pyridine rings is 1. The van der Waals surface area contributed by atoms with Gasteiger partial charge in [0, 0.05) is 18.3 Å². The van der Waals surface area contributed by atoms with E-state index in [0.717, 1.165) is 0 Å². The van der Waals surface area contributed by atoms with Crippen LogP contribution in [0.5, 0.6) is 5.75 Å². The molecule has 7 nitrogen and oxygen atoms in total. The molecule has 0 radical (unpaired) electrons. The molecule has 0 bridgehead atoms. The number of hydrogen-bond acceptors (Lipinski definition) is 6. The maximum absolute atomic E-state index is 10.9. The molecule has 2 rings (SSSR count). The molecule has 1 N–H and O–H groups in total. The molecule has 2 aromatic rings. The predicted octanol–water partition coefficient (Wildman–Crippen LogP) is 2.61. The van der Waals surface area contributed by atoms with Crippen molar-refractivity contribution >= 4 is 17.2 Å². The van der Waals surface area contributed by atoms with Gasteiger partial charge >= 0.3 is 5.69 Å². The van der Waals surface area contributed by atoms with Crippen molar-refractivity contribution in [1.82, 2.24) is 4.98 Å². The van der Waals surface area contributed by atoms with Crippen LogP contribution in [-0.4, -0.2) is 17.0 Å². The lowest BCUT2D eigenvalue weighted by molar-refractivity contribution is -0.384. The van der Waals surface area contributed by atoms with E-state index in [-0.39, 0.29) is 11.5 Å². The number of aromatic nitrogens is 1. The van der Waals surface area contributed by atoms with E-state index in [0.29, 0.717) is 17.0 Å². The summed E-state index contributed by atoms with van der Waals surface area (Å²) in [4.78, 5) is 14.3. The van der Waals surface area contributed by atoms with E-state index in [9.17, 15) is 10.1 Å². The van der Waals surface area contributed by atoms with Crippen LogP contribution in [0.1, 0.15) is 5.56 Å². The van der Waals surface area contributed by atoms with Crippen LogP contribution in [-0.2, 0) is 0 Å². The van der Waals surface area contributed by atoms with E-state index in [2.05, 4.69) is 10.3 Å². The Morgan fingerprint density at radius 1 is 1.45 bits per heavy atom. The molecule has 20 heavy (non-hydrogen) atoms. The van der Waals surface area contributed by atoms with E-state index >= 15 is 0 Å². The number of methoxy groups -OCH3 is 1. The van der Waals surface area contributed by atoms with Gasteiger partial charge in [-0.1, -0.05) is 0 Å². The molecule has 0 unspecified atom stereocenters. The Labute approximate surface area is 114 Å². The van der Waals surface area contributed by atoms with Crippen molar-refractivity contribution in [3.63, 3.8) is 0 Å². The van der Waals surface area contributed by atoms with E-state index in [4.69, 9.17) is 10.00 Å². The first kappa shape index (κ1) is 13.3. The van der Waals surface area contributed by atoms with Crippen molar-refractivity contribution in [3.8, 4) is 11.8 Å². The number of ether oxygens (including phenoxy) is 1. The number of anilines is 2. The molecule has 1 aromatic heterocycles. The molecule has 1 heterocycles. The molecule has 0 saturated heterocycles. The zero-order valence-corrected chi connectivity index (χ0v) is 10.5. The van der Waals surface area contributed by atoms with Crippen LogP contribution in [0, 0.1) is 21.4 Å². The molecule has 7 heteroatoms. The number of rotatable bonds is 4. The molecule has 0 aliphatic carbocycles. The summed E-state index contributed by atoms with van der Waals surface area (Å²) < 4.78 is 5.07. The lowest BCUT2D eigenvalue weighted by Gasteiger charge is -2.09.